The Morgan fingerprint density at radius 3 is 2.48 bits per heavy atom. The minimum Gasteiger partial charge on any atom is -0.437 e. The predicted octanol–water partition coefficient (Wildman–Crippen LogP) is 7.68. The van der Waals surface area contributed by atoms with Gasteiger partial charge in [-0.3, -0.25) is 4.98 Å². The molecule has 1 aliphatic carbocycles. The van der Waals surface area contributed by atoms with E-state index in [9.17, 15) is 0 Å². The first-order chi connectivity index (χ1) is 15.3. The first kappa shape index (κ1) is 18.3. The summed E-state index contributed by atoms with van der Waals surface area (Å²) in [5, 5.41) is 2.12. The molecular weight excluding hydrogens is 380 g/mol. The van der Waals surface area contributed by atoms with Crippen molar-refractivity contribution in [1.82, 2.24) is 9.97 Å². The fourth-order valence-corrected chi connectivity index (χ4v) is 5.05. The largest absolute Gasteiger partial charge is 0.437 e. The molecule has 6 rings (SSSR count). The number of pyridine rings is 2. The summed E-state index contributed by atoms with van der Waals surface area (Å²) in [7, 11) is 0. The maximum absolute atomic E-state index is 6.19. The number of furan rings is 1. The van der Waals surface area contributed by atoms with Crippen LogP contribution in [0.25, 0.3) is 44.5 Å². The summed E-state index contributed by atoms with van der Waals surface area (Å²) in [5.74, 6) is 0.740. The van der Waals surface area contributed by atoms with Crippen molar-refractivity contribution in [3.8, 4) is 22.4 Å². The van der Waals surface area contributed by atoms with Crippen LogP contribution in [0.5, 0.6) is 0 Å². The van der Waals surface area contributed by atoms with Gasteiger partial charge >= 0.3 is 0 Å². The highest BCUT2D eigenvalue weighted by Gasteiger charge is 2.18. The van der Waals surface area contributed by atoms with Crippen molar-refractivity contribution in [3.63, 3.8) is 0 Å². The molecule has 0 amide bonds. The van der Waals surface area contributed by atoms with Gasteiger partial charge in [-0.05, 0) is 72.2 Å². The van der Waals surface area contributed by atoms with Crippen molar-refractivity contribution in [2.75, 3.05) is 0 Å². The van der Waals surface area contributed by atoms with Gasteiger partial charge in [-0.15, -0.1) is 0 Å². The SMILES string of the molecule is Cc1ccc2c(oc3ncccc32)c1-c1cc(-c2ccc(C3CCCC3)cc2)ccn1. The first-order valence-electron chi connectivity index (χ1n) is 11.1. The maximum Gasteiger partial charge on any atom is 0.227 e. The lowest BCUT2D eigenvalue weighted by molar-refractivity contribution is 0.654. The second kappa shape index (κ2) is 7.35. The Morgan fingerprint density at radius 1 is 0.806 bits per heavy atom. The summed E-state index contributed by atoms with van der Waals surface area (Å²) in [6.07, 6.45) is 9.05. The summed E-state index contributed by atoms with van der Waals surface area (Å²) < 4.78 is 6.19. The van der Waals surface area contributed by atoms with Crippen LogP contribution < -0.4 is 0 Å². The van der Waals surface area contributed by atoms with Crippen molar-refractivity contribution in [1.29, 1.82) is 0 Å². The minimum absolute atomic E-state index is 0.669. The van der Waals surface area contributed by atoms with E-state index in [0.29, 0.717) is 5.71 Å². The molecule has 1 saturated carbocycles. The van der Waals surface area contributed by atoms with Gasteiger partial charge in [0.05, 0.1) is 5.69 Å². The molecule has 3 nitrogen and oxygen atoms in total. The number of fused-ring (bicyclic) bond motifs is 3. The summed E-state index contributed by atoms with van der Waals surface area (Å²) in [6, 6.07) is 21.7. The zero-order valence-corrected chi connectivity index (χ0v) is 17.6. The molecule has 31 heavy (non-hydrogen) atoms. The predicted molar refractivity (Wildman–Crippen MR) is 126 cm³/mol. The molecule has 0 spiro atoms. The summed E-state index contributed by atoms with van der Waals surface area (Å²) in [5.41, 5.74) is 8.52. The number of hydrogen-bond acceptors (Lipinski definition) is 3. The Kier molecular flexibility index (Phi) is 4.34. The summed E-state index contributed by atoms with van der Waals surface area (Å²) in [4.78, 5) is 9.12. The van der Waals surface area contributed by atoms with Gasteiger partial charge in [0.1, 0.15) is 5.58 Å². The Labute approximate surface area is 181 Å². The lowest BCUT2D eigenvalue weighted by atomic mass is 9.94. The van der Waals surface area contributed by atoms with Crippen LogP contribution in [0.15, 0.2) is 77.5 Å². The van der Waals surface area contributed by atoms with Crippen LogP contribution in [0.1, 0.15) is 42.7 Å². The van der Waals surface area contributed by atoms with Gasteiger partial charge in [-0.1, -0.05) is 49.2 Å². The quantitative estimate of drug-likeness (QED) is 0.309. The molecule has 152 valence electrons. The lowest BCUT2D eigenvalue weighted by Crippen LogP contribution is -1.92. The van der Waals surface area contributed by atoms with E-state index in [0.717, 1.165) is 39.1 Å². The number of nitrogens with zero attached hydrogens (tertiary/aromatic N) is 2. The van der Waals surface area contributed by atoms with E-state index in [4.69, 9.17) is 9.40 Å². The fraction of sp³-hybridized carbons (Fsp3) is 0.214. The normalized spacial score (nSPS) is 14.6. The molecule has 1 fully saturated rings. The van der Waals surface area contributed by atoms with E-state index >= 15 is 0 Å². The van der Waals surface area contributed by atoms with E-state index < -0.39 is 0 Å². The number of hydrogen-bond donors (Lipinski definition) is 0. The van der Waals surface area contributed by atoms with E-state index in [1.54, 1.807) is 6.20 Å². The summed E-state index contributed by atoms with van der Waals surface area (Å²) in [6.45, 7) is 2.11. The van der Waals surface area contributed by atoms with Crippen molar-refractivity contribution in [2.24, 2.45) is 0 Å². The monoisotopic (exact) mass is 404 g/mol. The van der Waals surface area contributed by atoms with Crippen LogP contribution >= 0.6 is 0 Å². The number of aryl methyl sites for hydroxylation is 1. The van der Waals surface area contributed by atoms with Gasteiger partial charge < -0.3 is 4.42 Å². The third-order valence-corrected chi connectivity index (χ3v) is 6.71. The van der Waals surface area contributed by atoms with Crippen LogP contribution in [0.4, 0.5) is 0 Å². The molecule has 3 heteroatoms. The fourth-order valence-electron chi connectivity index (χ4n) is 5.05. The third-order valence-electron chi connectivity index (χ3n) is 6.71. The molecule has 0 aliphatic heterocycles. The Hall–Kier alpha value is -3.46. The Morgan fingerprint density at radius 2 is 1.65 bits per heavy atom. The molecule has 0 radical (unpaired) electrons. The van der Waals surface area contributed by atoms with Crippen LogP contribution in [0.3, 0.4) is 0 Å². The molecule has 0 unspecified atom stereocenters. The van der Waals surface area contributed by atoms with Gasteiger partial charge in [0, 0.05) is 28.7 Å². The second-order valence-electron chi connectivity index (χ2n) is 8.63. The molecule has 0 saturated heterocycles. The van der Waals surface area contributed by atoms with Crippen LogP contribution in [-0.2, 0) is 0 Å². The lowest BCUT2D eigenvalue weighted by Gasteiger charge is -2.11. The van der Waals surface area contributed by atoms with Crippen LogP contribution in [0, 0.1) is 6.92 Å². The molecule has 2 aromatic carbocycles. The van der Waals surface area contributed by atoms with Crippen molar-refractivity contribution < 1.29 is 4.42 Å². The third kappa shape index (κ3) is 3.12. The molecule has 0 atom stereocenters. The highest BCUT2D eigenvalue weighted by Crippen LogP contribution is 2.38. The van der Waals surface area contributed by atoms with E-state index in [2.05, 4.69) is 66.5 Å². The number of benzene rings is 2. The van der Waals surface area contributed by atoms with Crippen molar-refractivity contribution in [2.45, 2.75) is 38.5 Å². The first-order valence-corrected chi connectivity index (χ1v) is 11.1. The molecule has 3 heterocycles. The van der Waals surface area contributed by atoms with Gasteiger partial charge in [0.25, 0.3) is 0 Å². The van der Waals surface area contributed by atoms with E-state index in [-0.39, 0.29) is 0 Å². The van der Waals surface area contributed by atoms with Gasteiger partial charge in [0.15, 0.2) is 0 Å². The Bertz CT molecular complexity index is 1390. The average molecular weight is 405 g/mol. The Balaban J connectivity index is 1.44. The molecule has 0 N–H and O–H groups in total. The minimum atomic E-state index is 0.669. The molecule has 5 aromatic rings. The highest BCUT2D eigenvalue weighted by molar-refractivity contribution is 6.09. The standard InChI is InChI=1S/C28H24N2O/c1-18-8-13-23-24-7-4-15-30-28(24)31-27(23)26(18)25-17-22(14-16-29-25)21-11-9-20(10-12-21)19-5-2-3-6-19/h4,7-17,19H,2-3,5-6H2,1H3. The number of rotatable bonds is 3. The topological polar surface area (TPSA) is 38.9 Å². The maximum atomic E-state index is 6.19. The summed E-state index contributed by atoms with van der Waals surface area (Å²) >= 11 is 0. The second-order valence-corrected chi connectivity index (χ2v) is 8.63. The van der Waals surface area contributed by atoms with E-state index in [1.165, 1.54) is 42.4 Å². The smallest absolute Gasteiger partial charge is 0.227 e. The highest BCUT2D eigenvalue weighted by atomic mass is 16.3. The molecular formula is C28H24N2O. The van der Waals surface area contributed by atoms with E-state index in [1.807, 2.05) is 12.3 Å². The van der Waals surface area contributed by atoms with Crippen LogP contribution in [0.2, 0.25) is 0 Å². The van der Waals surface area contributed by atoms with Gasteiger partial charge in [-0.2, -0.15) is 0 Å². The van der Waals surface area contributed by atoms with Crippen molar-refractivity contribution >= 4 is 22.1 Å². The van der Waals surface area contributed by atoms with Crippen molar-refractivity contribution in [3.05, 3.63) is 84.2 Å². The molecule has 3 aromatic heterocycles. The zero-order chi connectivity index (χ0) is 20.8. The van der Waals surface area contributed by atoms with Crippen LogP contribution in [-0.4, -0.2) is 9.97 Å². The van der Waals surface area contributed by atoms with Gasteiger partial charge in [0.2, 0.25) is 5.71 Å². The zero-order valence-electron chi connectivity index (χ0n) is 17.6. The average Bonchev–Trinajstić information content (AvgIpc) is 3.47. The number of aromatic nitrogens is 2. The van der Waals surface area contributed by atoms with Gasteiger partial charge in [-0.25, -0.2) is 4.98 Å². The molecule has 1 aliphatic rings. The molecule has 0 bridgehead atoms.